The molecule has 0 heterocycles. The molecule has 2 aromatic carbocycles. The van der Waals surface area contributed by atoms with E-state index < -0.39 is 5.60 Å². The summed E-state index contributed by atoms with van der Waals surface area (Å²) in [6.07, 6.45) is 0.713. The SMILES string of the molecule is Cc1cc(F)ccc1-c1ccc(C(C)(O)CCC#N)cc1. The minimum absolute atomic E-state index is 0.243. The van der Waals surface area contributed by atoms with E-state index in [1.165, 1.54) is 12.1 Å². The van der Waals surface area contributed by atoms with Crippen LogP contribution in [0, 0.1) is 24.1 Å². The van der Waals surface area contributed by atoms with Crippen molar-refractivity contribution in [1.29, 1.82) is 5.26 Å². The summed E-state index contributed by atoms with van der Waals surface area (Å²) >= 11 is 0. The lowest BCUT2D eigenvalue weighted by molar-refractivity contribution is 0.0492. The summed E-state index contributed by atoms with van der Waals surface area (Å²) in [4.78, 5) is 0. The van der Waals surface area contributed by atoms with Crippen LogP contribution < -0.4 is 0 Å². The molecule has 21 heavy (non-hydrogen) atoms. The molecular weight excluding hydrogens is 265 g/mol. The molecule has 108 valence electrons. The van der Waals surface area contributed by atoms with E-state index in [1.807, 2.05) is 37.3 Å². The van der Waals surface area contributed by atoms with Crippen molar-refractivity contribution < 1.29 is 9.50 Å². The second kappa shape index (κ2) is 6.07. The van der Waals surface area contributed by atoms with Crippen molar-refractivity contribution in [3.63, 3.8) is 0 Å². The molecule has 0 bridgehead atoms. The Morgan fingerprint density at radius 2 is 1.86 bits per heavy atom. The number of nitrogens with zero attached hydrogens (tertiary/aromatic N) is 1. The third kappa shape index (κ3) is 3.48. The molecule has 2 nitrogen and oxygen atoms in total. The number of aryl methyl sites for hydroxylation is 1. The number of hydrogen-bond donors (Lipinski definition) is 1. The third-order valence-electron chi connectivity index (χ3n) is 3.73. The maximum Gasteiger partial charge on any atom is 0.123 e. The summed E-state index contributed by atoms with van der Waals surface area (Å²) in [7, 11) is 0. The topological polar surface area (TPSA) is 44.0 Å². The molecule has 0 aliphatic rings. The van der Waals surface area contributed by atoms with Gasteiger partial charge in [-0.05, 0) is 54.7 Å². The Morgan fingerprint density at radius 3 is 2.43 bits per heavy atom. The van der Waals surface area contributed by atoms with Gasteiger partial charge in [-0.3, -0.25) is 0 Å². The van der Waals surface area contributed by atoms with Gasteiger partial charge in [-0.1, -0.05) is 30.3 Å². The number of halogens is 1. The largest absolute Gasteiger partial charge is 0.385 e. The minimum atomic E-state index is -1.01. The van der Waals surface area contributed by atoms with E-state index in [0.29, 0.717) is 12.8 Å². The van der Waals surface area contributed by atoms with Crippen LogP contribution in [-0.2, 0) is 5.60 Å². The van der Waals surface area contributed by atoms with Gasteiger partial charge in [0.15, 0.2) is 0 Å². The van der Waals surface area contributed by atoms with E-state index >= 15 is 0 Å². The van der Waals surface area contributed by atoms with Crippen molar-refractivity contribution >= 4 is 0 Å². The Hall–Kier alpha value is -2.18. The fourth-order valence-electron chi connectivity index (χ4n) is 2.40. The van der Waals surface area contributed by atoms with Crippen LogP contribution in [0.4, 0.5) is 4.39 Å². The third-order valence-corrected chi connectivity index (χ3v) is 3.73. The molecule has 1 atom stereocenters. The smallest absolute Gasteiger partial charge is 0.123 e. The van der Waals surface area contributed by atoms with Gasteiger partial charge in [0.2, 0.25) is 0 Å². The predicted octanol–water partition coefficient (Wildman–Crippen LogP) is 4.31. The van der Waals surface area contributed by atoms with Gasteiger partial charge in [-0.2, -0.15) is 5.26 Å². The highest BCUT2D eigenvalue weighted by Gasteiger charge is 2.22. The van der Waals surface area contributed by atoms with Gasteiger partial charge in [0, 0.05) is 6.42 Å². The summed E-state index contributed by atoms with van der Waals surface area (Å²) in [6.45, 7) is 3.58. The lowest BCUT2D eigenvalue weighted by Crippen LogP contribution is -2.20. The fourth-order valence-corrected chi connectivity index (χ4v) is 2.40. The van der Waals surface area contributed by atoms with Crippen molar-refractivity contribution in [2.24, 2.45) is 0 Å². The van der Waals surface area contributed by atoms with Gasteiger partial charge in [-0.15, -0.1) is 0 Å². The Kier molecular flexibility index (Phi) is 4.40. The molecule has 0 spiro atoms. The molecule has 0 fully saturated rings. The summed E-state index contributed by atoms with van der Waals surface area (Å²) in [5.41, 5.74) is 2.60. The molecule has 3 heteroatoms. The average molecular weight is 283 g/mol. The van der Waals surface area contributed by atoms with Gasteiger partial charge in [-0.25, -0.2) is 4.39 Å². The van der Waals surface area contributed by atoms with Crippen molar-refractivity contribution in [3.05, 3.63) is 59.4 Å². The Balaban J connectivity index is 2.29. The number of aliphatic hydroxyl groups is 1. The molecule has 0 saturated carbocycles. The van der Waals surface area contributed by atoms with Crippen LogP contribution in [0.2, 0.25) is 0 Å². The van der Waals surface area contributed by atoms with Crippen molar-refractivity contribution in [3.8, 4) is 17.2 Å². The molecule has 2 rings (SSSR count). The lowest BCUT2D eigenvalue weighted by Gasteiger charge is -2.23. The van der Waals surface area contributed by atoms with Crippen molar-refractivity contribution in [1.82, 2.24) is 0 Å². The average Bonchev–Trinajstić information content (AvgIpc) is 2.45. The van der Waals surface area contributed by atoms with Gasteiger partial charge in [0.25, 0.3) is 0 Å². The zero-order chi connectivity index (χ0) is 15.5. The van der Waals surface area contributed by atoms with Gasteiger partial charge < -0.3 is 5.11 Å². The maximum atomic E-state index is 13.1. The molecular formula is C18H18FNO. The Bertz CT molecular complexity index is 669. The standard InChI is InChI=1S/C18H18FNO/c1-13-12-16(19)8-9-17(13)14-4-6-15(7-5-14)18(2,21)10-3-11-20/h4-9,12,21H,3,10H2,1-2H3. The minimum Gasteiger partial charge on any atom is -0.385 e. The van der Waals surface area contributed by atoms with Crippen LogP contribution in [-0.4, -0.2) is 5.11 Å². The monoisotopic (exact) mass is 283 g/mol. The van der Waals surface area contributed by atoms with E-state index in [2.05, 4.69) is 0 Å². The molecule has 2 aromatic rings. The van der Waals surface area contributed by atoms with Gasteiger partial charge in [0.1, 0.15) is 5.82 Å². The molecule has 0 aromatic heterocycles. The van der Waals surface area contributed by atoms with Gasteiger partial charge >= 0.3 is 0 Å². The summed E-state index contributed by atoms with van der Waals surface area (Å²) in [5, 5.41) is 19.0. The highest BCUT2D eigenvalue weighted by Crippen LogP contribution is 2.29. The highest BCUT2D eigenvalue weighted by molar-refractivity contribution is 5.67. The summed E-state index contributed by atoms with van der Waals surface area (Å²) < 4.78 is 13.1. The van der Waals surface area contributed by atoms with Crippen molar-refractivity contribution in [2.75, 3.05) is 0 Å². The van der Waals surface area contributed by atoms with Crippen LogP contribution in [0.1, 0.15) is 30.9 Å². The van der Waals surface area contributed by atoms with E-state index in [1.54, 1.807) is 13.0 Å². The first-order valence-electron chi connectivity index (χ1n) is 6.90. The number of hydrogen-bond acceptors (Lipinski definition) is 2. The second-order valence-electron chi connectivity index (χ2n) is 5.47. The number of rotatable bonds is 4. The molecule has 0 aliphatic heterocycles. The lowest BCUT2D eigenvalue weighted by atomic mass is 9.89. The molecule has 0 radical (unpaired) electrons. The summed E-state index contributed by atoms with van der Waals surface area (Å²) in [5.74, 6) is -0.243. The quantitative estimate of drug-likeness (QED) is 0.908. The first kappa shape index (κ1) is 15.2. The maximum absolute atomic E-state index is 13.1. The van der Waals surface area contributed by atoms with Crippen LogP contribution in [0.5, 0.6) is 0 Å². The first-order valence-corrected chi connectivity index (χ1v) is 6.90. The Morgan fingerprint density at radius 1 is 1.19 bits per heavy atom. The molecule has 0 saturated heterocycles. The molecule has 1 N–H and O–H groups in total. The number of nitriles is 1. The van der Waals surface area contributed by atoms with E-state index in [0.717, 1.165) is 22.3 Å². The first-order chi connectivity index (χ1) is 9.94. The molecule has 1 unspecified atom stereocenters. The van der Waals surface area contributed by atoms with E-state index in [9.17, 15) is 9.50 Å². The van der Waals surface area contributed by atoms with Crippen LogP contribution in [0.15, 0.2) is 42.5 Å². The number of benzene rings is 2. The van der Waals surface area contributed by atoms with Crippen molar-refractivity contribution in [2.45, 2.75) is 32.3 Å². The Labute approximate surface area is 124 Å². The zero-order valence-corrected chi connectivity index (χ0v) is 12.2. The summed E-state index contributed by atoms with van der Waals surface area (Å²) in [6, 6.07) is 14.3. The van der Waals surface area contributed by atoms with Crippen LogP contribution >= 0.6 is 0 Å². The highest BCUT2D eigenvalue weighted by atomic mass is 19.1. The van der Waals surface area contributed by atoms with Crippen LogP contribution in [0.3, 0.4) is 0 Å². The van der Waals surface area contributed by atoms with E-state index in [-0.39, 0.29) is 5.82 Å². The second-order valence-corrected chi connectivity index (χ2v) is 5.47. The van der Waals surface area contributed by atoms with E-state index in [4.69, 9.17) is 5.26 Å². The zero-order valence-electron chi connectivity index (χ0n) is 12.2. The molecule has 0 amide bonds. The molecule has 0 aliphatic carbocycles. The fraction of sp³-hybridized carbons (Fsp3) is 0.278. The predicted molar refractivity (Wildman–Crippen MR) is 81.0 cm³/mol. The van der Waals surface area contributed by atoms with Gasteiger partial charge in [0.05, 0.1) is 11.7 Å². The van der Waals surface area contributed by atoms with Crippen LogP contribution in [0.25, 0.3) is 11.1 Å². The normalized spacial score (nSPS) is 13.5.